The van der Waals surface area contributed by atoms with Crippen LogP contribution in [0.3, 0.4) is 0 Å². The van der Waals surface area contributed by atoms with Crippen LogP contribution in [0.2, 0.25) is 0 Å². The van der Waals surface area contributed by atoms with Gasteiger partial charge in [-0.15, -0.1) is 0 Å². The van der Waals surface area contributed by atoms with E-state index in [2.05, 4.69) is 0 Å². The van der Waals surface area contributed by atoms with Gasteiger partial charge >= 0.3 is 0 Å². The molecule has 4 nitrogen and oxygen atoms in total. The maximum atomic E-state index is 12.9. The quantitative estimate of drug-likeness (QED) is 0.926. The van der Waals surface area contributed by atoms with E-state index in [0.29, 0.717) is 12.1 Å². The minimum absolute atomic E-state index is 0.0368. The van der Waals surface area contributed by atoms with Crippen LogP contribution < -0.4 is 4.74 Å². The zero-order valence-electron chi connectivity index (χ0n) is 14.9. The van der Waals surface area contributed by atoms with Gasteiger partial charge in [0.05, 0.1) is 13.7 Å². The number of nitrogens with zero attached hydrogens (tertiary/aromatic N) is 1. The van der Waals surface area contributed by atoms with Crippen molar-refractivity contribution in [1.82, 2.24) is 4.90 Å². The van der Waals surface area contributed by atoms with Gasteiger partial charge in [0, 0.05) is 24.1 Å². The summed E-state index contributed by atoms with van der Waals surface area (Å²) in [7, 11) is 1.65. The Labute approximate surface area is 149 Å². The molecule has 0 radical (unpaired) electrons. The second kappa shape index (κ2) is 7.28. The molecule has 1 atom stereocenters. The molecule has 0 saturated carbocycles. The number of methoxy groups -OCH3 is 1. The van der Waals surface area contributed by atoms with Gasteiger partial charge in [-0.25, -0.2) is 0 Å². The average Bonchev–Trinajstić information content (AvgIpc) is 2.67. The number of aliphatic hydroxyl groups excluding tert-OH is 1. The van der Waals surface area contributed by atoms with Crippen LogP contribution in [-0.4, -0.2) is 42.7 Å². The van der Waals surface area contributed by atoms with Gasteiger partial charge in [0.1, 0.15) is 5.75 Å². The summed E-state index contributed by atoms with van der Waals surface area (Å²) >= 11 is 0. The summed E-state index contributed by atoms with van der Waals surface area (Å²) in [6, 6.07) is 15.5. The van der Waals surface area contributed by atoms with Gasteiger partial charge in [0.2, 0.25) is 0 Å². The molecule has 1 aliphatic heterocycles. The lowest BCUT2D eigenvalue weighted by molar-refractivity contribution is 0.0358. The van der Waals surface area contributed by atoms with Crippen LogP contribution in [0.4, 0.5) is 0 Å². The fraction of sp³-hybridized carbons (Fsp3) is 0.381. The second-order valence-electron chi connectivity index (χ2n) is 7.11. The van der Waals surface area contributed by atoms with Gasteiger partial charge in [-0.05, 0) is 48.2 Å². The molecule has 132 valence electrons. The van der Waals surface area contributed by atoms with E-state index in [4.69, 9.17) is 4.74 Å². The smallest absolute Gasteiger partial charge is 0.253 e. The first-order valence-corrected chi connectivity index (χ1v) is 8.69. The maximum Gasteiger partial charge on any atom is 0.253 e. The minimum Gasteiger partial charge on any atom is -0.497 e. The third kappa shape index (κ3) is 3.85. The van der Waals surface area contributed by atoms with E-state index in [1.807, 2.05) is 60.4 Å². The fourth-order valence-corrected chi connectivity index (χ4v) is 3.42. The van der Waals surface area contributed by atoms with Crippen molar-refractivity contribution in [1.29, 1.82) is 0 Å². The van der Waals surface area contributed by atoms with Crippen LogP contribution in [-0.2, 0) is 0 Å². The number of likely N-dealkylation sites (tertiary alicyclic amines) is 1. The summed E-state index contributed by atoms with van der Waals surface area (Å²) < 4.78 is 5.20. The third-order valence-corrected chi connectivity index (χ3v) is 4.98. The number of aliphatic hydroxyl groups is 1. The molecule has 0 spiro atoms. The molecule has 1 N–H and O–H groups in total. The van der Waals surface area contributed by atoms with Crippen molar-refractivity contribution >= 4 is 5.91 Å². The summed E-state index contributed by atoms with van der Waals surface area (Å²) in [6.45, 7) is 3.51. The van der Waals surface area contributed by atoms with Gasteiger partial charge in [-0.1, -0.05) is 31.2 Å². The van der Waals surface area contributed by atoms with Crippen LogP contribution in [0.15, 0.2) is 48.5 Å². The molecule has 1 unspecified atom stereocenters. The predicted molar refractivity (Wildman–Crippen MR) is 98.8 cm³/mol. The molecule has 0 aliphatic carbocycles. The molecule has 2 aromatic carbocycles. The molecule has 4 heteroatoms. The predicted octanol–water partition coefficient (Wildman–Crippen LogP) is 3.60. The van der Waals surface area contributed by atoms with Crippen molar-refractivity contribution in [2.75, 3.05) is 26.8 Å². The van der Waals surface area contributed by atoms with Crippen molar-refractivity contribution in [2.24, 2.45) is 5.41 Å². The standard InChI is InChI=1S/C21H25NO3/c1-21(15-23)11-4-12-22(14-21)20(24)18-6-3-5-17(13-18)16-7-9-19(25-2)10-8-16/h3,5-10,13,23H,4,11-12,14-15H2,1-2H3. The van der Waals surface area contributed by atoms with Crippen LogP contribution in [0.25, 0.3) is 11.1 Å². The Balaban J connectivity index is 1.81. The number of carbonyl (C=O) groups excluding carboxylic acids is 1. The van der Waals surface area contributed by atoms with Gasteiger partial charge in [0.25, 0.3) is 5.91 Å². The second-order valence-corrected chi connectivity index (χ2v) is 7.11. The molecular weight excluding hydrogens is 314 g/mol. The highest BCUT2D eigenvalue weighted by molar-refractivity contribution is 5.95. The third-order valence-electron chi connectivity index (χ3n) is 4.98. The maximum absolute atomic E-state index is 12.9. The first-order valence-electron chi connectivity index (χ1n) is 8.69. The zero-order valence-corrected chi connectivity index (χ0v) is 14.9. The zero-order chi connectivity index (χ0) is 17.9. The largest absolute Gasteiger partial charge is 0.497 e. The Morgan fingerprint density at radius 2 is 1.96 bits per heavy atom. The number of amides is 1. The van der Waals surface area contributed by atoms with E-state index in [1.54, 1.807) is 7.11 Å². The molecule has 1 amide bonds. The first-order chi connectivity index (χ1) is 12.0. The Kier molecular flexibility index (Phi) is 5.09. The molecule has 2 aromatic rings. The van der Waals surface area contributed by atoms with Crippen molar-refractivity contribution in [3.8, 4) is 16.9 Å². The lowest BCUT2D eigenvalue weighted by Crippen LogP contribution is -2.46. The molecule has 1 fully saturated rings. The molecule has 0 bridgehead atoms. The Hall–Kier alpha value is -2.33. The van der Waals surface area contributed by atoms with Gasteiger partial charge < -0.3 is 14.7 Å². The monoisotopic (exact) mass is 339 g/mol. The first kappa shape index (κ1) is 17.5. The Bertz CT molecular complexity index is 741. The average molecular weight is 339 g/mol. The van der Waals surface area contributed by atoms with Crippen LogP contribution in [0.1, 0.15) is 30.1 Å². The number of ether oxygens (including phenoxy) is 1. The summed E-state index contributed by atoms with van der Waals surface area (Å²) in [5.41, 5.74) is 2.56. The number of piperidine rings is 1. The SMILES string of the molecule is COc1ccc(-c2cccc(C(=O)N3CCCC(C)(CO)C3)c2)cc1. The number of benzene rings is 2. The van der Waals surface area contributed by atoms with Crippen LogP contribution in [0.5, 0.6) is 5.75 Å². The van der Waals surface area contributed by atoms with Crippen LogP contribution in [0, 0.1) is 5.41 Å². The van der Waals surface area contributed by atoms with Gasteiger partial charge in [-0.2, -0.15) is 0 Å². The van der Waals surface area contributed by atoms with E-state index in [-0.39, 0.29) is 17.9 Å². The number of hydrogen-bond acceptors (Lipinski definition) is 3. The molecular formula is C21H25NO3. The minimum atomic E-state index is -0.193. The Morgan fingerprint density at radius 1 is 1.20 bits per heavy atom. The topological polar surface area (TPSA) is 49.8 Å². The van der Waals surface area contributed by atoms with Crippen molar-refractivity contribution < 1.29 is 14.6 Å². The van der Waals surface area contributed by atoms with E-state index < -0.39 is 0 Å². The summed E-state index contributed by atoms with van der Waals surface area (Å²) in [4.78, 5) is 14.8. The summed E-state index contributed by atoms with van der Waals surface area (Å²) in [5, 5.41) is 9.61. The number of carbonyl (C=O) groups is 1. The molecule has 1 saturated heterocycles. The molecule has 1 heterocycles. The highest BCUT2D eigenvalue weighted by Gasteiger charge is 2.32. The van der Waals surface area contributed by atoms with E-state index in [1.165, 1.54) is 0 Å². The molecule has 1 aliphatic rings. The number of hydrogen-bond donors (Lipinski definition) is 1. The Morgan fingerprint density at radius 3 is 2.64 bits per heavy atom. The lowest BCUT2D eigenvalue weighted by Gasteiger charge is -2.39. The molecule has 0 aromatic heterocycles. The number of rotatable bonds is 4. The highest BCUT2D eigenvalue weighted by atomic mass is 16.5. The molecule has 25 heavy (non-hydrogen) atoms. The lowest BCUT2D eigenvalue weighted by atomic mass is 9.82. The summed E-state index contributed by atoms with van der Waals surface area (Å²) in [6.07, 6.45) is 1.89. The van der Waals surface area contributed by atoms with Gasteiger partial charge in [-0.3, -0.25) is 4.79 Å². The van der Waals surface area contributed by atoms with E-state index >= 15 is 0 Å². The van der Waals surface area contributed by atoms with Crippen molar-refractivity contribution in [3.05, 3.63) is 54.1 Å². The van der Waals surface area contributed by atoms with E-state index in [0.717, 1.165) is 36.3 Å². The van der Waals surface area contributed by atoms with Gasteiger partial charge in [0.15, 0.2) is 0 Å². The fourth-order valence-electron chi connectivity index (χ4n) is 3.42. The van der Waals surface area contributed by atoms with Crippen LogP contribution >= 0.6 is 0 Å². The normalized spacial score (nSPS) is 20.4. The van der Waals surface area contributed by atoms with Crippen molar-refractivity contribution in [2.45, 2.75) is 19.8 Å². The highest BCUT2D eigenvalue weighted by Crippen LogP contribution is 2.30. The van der Waals surface area contributed by atoms with E-state index in [9.17, 15) is 9.90 Å². The molecule has 3 rings (SSSR count). The van der Waals surface area contributed by atoms with Crippen molar-refractivity contribution in [3.63, 3.8) is 0 Å². The summed E-state index contributed by atoms with van der Waals surface area (Å²) in [5.74, 6) is 0.849.